The number of esters is 1. The summed E-state index contributed by atoms with van der Waals surface area (Å²) in [4.78, 5) is 17.0. The van der Waals surface area contributed by atoms with E-state index < -0.39 is 25.3 Å². The number of hydrogen-bond acceptors (Lipinski definition) is 5. The molecule has 4 rings (SSSR count). The minimum atomic E-state index is -0.879. The van der Waals surface area contributed by atoms with Crippen molar-refractivity contribution < 1.29 is 23.2 Å². The summed E-state index contributed by atoms with van der Waals surface area (Å²) in [6, 6.07) is 23.2. The Balaban J connectivity index is 1.59. The van der Waals surface area contributed by atoms with Crippen LogP contribution in [0.1, 0.15) is 35.8 Å². The molecule has 0 amide bonds. The van der Waals surface area contributed by atoms with Gasteiger partial charge in [0.2, 0.25) is 0 Å². The predicted octanol–water partition coefficient (Wildman–Crippen LogP) is 4.03. The molecule has 1 heterocycles. The van der Waals surface area contributed by atoms with Gasteiger partial charge < -0.3 is 14.0 Å². The van der Waals surface area contributed by atoms with Crippen molar-refractivity contribution in [3.63, 3.8) is 0 Å². The lowest BCUT2D eigenvalue weighted by Crippen LogP contribution is -2.36. The Labute approximate surface area is 187 Å². The van der Waals surface area contributed by atoms with E-state index >= 15 is 0 Å². The smallest absolute Gasteiger partial charge is 0.467 e. The molecule has 0 spiro atoms. The van der Waals surface area contributed by atoms with E-state index in [1.807, 2.05) is 61.5 Å². The molecule has 1 aliphatic rings. The molecule has 0 bridgehead atoms. The number of halogens is 1. The van der Waals surface area contributed by atoms with Gasteiger partial charge in [-0.05, 0) is 41.2 Å². The van der Waals surface area contributed by atoms with Crippen LogP contribution in [0.25, 0.3) is 0 Å². The Morgan fingerprint density at radius 2 is 1.72 bits per heavy atom. The highest BCUT2D eigenvalue weighted by Crippen LogP contribution is 2.32. The van der Waals surface area contributed by atoms with E-state index in [0.717, 1.165) is 22.2 Å². The summed E-state index contributed by atoms with van der Waals surface area (Å²) in [7, 11) is 0.575. The van der Waals surface area contributed by atoms with E-state index in [-0.39, 0.29) is 11.9 Å². The van der Waals surface area contributed by atoms with Gasteiger partial charge in [0.15, 0.2) is 6.10 Å². The third-order valence-corrected chi connectivity index (χ3v) is 5.42. The van der Waals surface area contributed by atoms with Gasteiger partial charge >= 0.3 is 13.1 Å². The molecule has 3 aromatic carbocycles. The molecular formula is C25H23BFNO4. The molecule has 1 saturated heterocycles. The van der Waals surface area contributed by atoms with Gasteiger partial charge in [0, 0.05) is 6.21 Å². The third kappa shape index (κ3) is 4.79. The van der Waals surface area contributed by atoms with Crippen LogP contribution in [0.3, 0.4) is 0 Å². The fourth-order valence-corrected chi connectivity index (χ4v) is 3.64. The fourth-order valence-electron chi connectivity index (χ4n) is 3.64. The summed E-state index contributed by atoms with van der Waals surface area (Å²) < 4.78 is 30.3. The molecule has 1 fully saturated rings. The lowest BCUT2D eigenvalue weighted by atomic mass is 9.76. The van der Waals surface area contributed by atoms with E-state index in [0.29, 0.717) is 0 Å². The second kappa shape index (κ2) is 9.89. The maximum absolute atomic E-state index is 13.2. The molecule has 0 aliphatic carbocycles. The van der Waals surface area contributed by atoms with Crippen molar-refractivity contribution in [2.75, 3.05) is 7.11 Å². The van der Waals surface area contributed by atoms with Crippen LogP contribution < -0.4 is 5.46 Å². The van der Waals surface area contributed by atoms with Gasteiger partial charge in [0.1, 0.15) is 11.9 Å². The molecule has 162 valence electrons. The summed E-state index contributed by atoms with van der Waals surface area (Å²) in [5.41, 5.74) is 3.31. The molecule has 0 radical (unpaired) electrons. The number of benzene rings is 3. The van der Waals surface area contributed by atoms with Crippen LogP contribution in [-0.4, -0.2) is 32.5 Å². The minimum Gasteiger partial charge on any atom is -0.467 e. The Morgan fingerprint density at radius 3 is 2.44 bits per heavy atom. The molecule has 1 unspecified atom stereocenters. The zero-order chi connectivity index (χ0) is 22.5. The second-order valence-electron chi connectivity index (χ2n) is 7.51. The van der Waals surface area contributed by atoms with Gasteiger partial charge in [-0.1, -0.05) is 66.7 Å². The fraction of sp³-hybridized carbons (Fsp3) is 0.200. The lowest BCUT2D eigenvalue weighted by Gasteiger charge is -2.16. The van der Waals surface area contributed by atoms with Crippen molar-refractivity contribution in [2.45, 2.75) is 25.2 Å². The van der Waals surface area contributed by atoms with Gasteiger partial charge in [0.25, 0.3) is 0 Å². The molecule has 32 heavy (non-hydrogen) atoms. The Bertz CT molecular complexity index is 1090. The highest BCUT2D eigenvalue weighted by Gasteiger charge is 2.46. The van der Waals surface area contributed by atoms with Crippen molar-refractivity contribution in [3.05, 3.63) is 101 Å². The molecule has 1 aliphatic heterocycles. The van der Waals surface area contributed by atoms with Crippen LogP contribution in [0.5, 0.6) is 0 Å². The van der Waals surface area contributed by atoms with Gasteiger partial charge in [-0.3, -0.25) is 4.99 Å². The zero-order valence-corrected chi connectivity index (χ0v) is 17.9. The normalized spacial score (nSPS) is 19.3. The number of ether oxygens (including phenoxy) is 1. The van der Waals surface area contributed by atoms with Crippen LogP contribution in [0, 0.1) is 5.82 Å². The maximum atomic E-state index is 13.2. The highest BCUT2D eigenvalue weighted by molar-refractivity contribution is 6.63. The molecule has 3 aromatic rings. The van der Waals surface area contributed by atoms with Crippen molar-refractivity contribution in [2.24, 2.45) is 4.99 Å². The Hall–Kier alpha value is -3.29. The van der Waals surface area contributed by atoms with Gasteiger partial charge in [-0.25, -0.2) is 9.18 Å². The van der Waals surface area contributed by atoms with E-state index in [1.165, 1.54) is 19.2 Å². The molecule has 5 nitrogen and oxygen atoms in total. The lowest BCUT2D eigenvalue weighted by molar-refractivity contribution is -0.150. The molecule has 0 aromatic heterocycles. The van der Waals surface area contributed by atoms with Crippen LogP contribution in [0.2, 0.25) is 0 Å². The number of rotatable bonds is 6. The summed E-state index contributed by atoms with van der Waals surface area (Å²) in [6.45, 7) is 1.94. The number of carbonyl (C=O) groups is 1. The van der Waals surface area contributed by atoms with E-state index in [4.69, 9.17) is 14.0 Å². The van der Waals surface area contributed by atoms with Crippen LogP contribution in [-0.2, 0) is 18.8 Å². The molecule has 3 atom stereocenters. The van der Waals surface area contributed by atoms with Crippen molar-refractivity contribution in [1.82, 2.24) is 0 Å². The number of hydrogen-bond donors (Lipinski definition) is 0. The minimum absolute atomic E-state index is 0.158. The van der Waals surface area contributed by atoms with Gasteiger partial charge in [-0.2, -0.15) is 0 Å². The number of nitrogens with zero attached hydrogens (tertiary/aromatic N) is 1. The second-order valence-corrected chi connectivity index (χ2v) is 7.51. The van der Waals surface area contributed by atoms with Gasteiger partial charge in [-0.15, -0.1) is 0 Å². The van der Waals surface area contributed by atoms with Crippen molar-refractivity contribution in [1.29, 1.82) is 0 Å². The first-order valence-corrected chi connectivity index (χ1v) is 10.4. The van der Waals surface area contributed by atoms with Crippen molar-refractivity contribution in [3.8, 4) is 0 Å². The average Bonchev–Trinajstić information content (AvgIpc) is 3.28. The highest BCUT2D eigenvalue weighted by atomic mass is 19.1. The molecule has 0 saturated carbocycles. The molecule has 0 N–H and O–H groups in total. The van der Waals surface area contributed by atoms with Crippen molar-refractivity contribution >= 4 is 24.8 Å². The summed E-state index contributed by atoms with van der Waals surface area (Å²) in [5, 5.41) is 0. The summed E-state index contributed by atoms with van der Waals surface area (Å²) >= 11 is 0. The monoisotopic (exact) mass is 431 g/mol. The predicted molar refractivity (Wildman–Crippen MR) is 121 cm³/mol. The summed E-state index contributed by atoms with van der Waals surface area (Å²) in [6.07, 6.45) is 0.284. The van der Waals surface area contributed by atoms with E-state index in [9.17, 15) is 9.18 Å². The summed E-state index contributed by atoms with van der Waals surface area (Å²) in [5.74, 6) is -0.767. The molecule has 7 heteroatoms. The average molecular weight is 431 g/mol. The van der Waals surface area contributed by atoms with Crippen LogP contribution in [0.4, 0.5) is 4.39 Å². The number of aliphatic imine (C=N–C) groups is 1. The largest absolute Gasteiger partial charge is 0.495 e. The first kappa shape index (κ1) is 21.9. The van der Waals surface area contributed by atoms with Crippen LogP contribution in [0.15, 0.2) is 83.9 Å². The van der Waals surface area contributed by atoms with E-state index in [2.05, 4.69) is 4.99 Å². The SMILES string of the molecule is COC(=O)[C@H]1OB(c2ccccc2C=NC(C)c2ccc(F)cc2)O[C@@H]1c1ccccc1. The topological polar surface area (TPSA) is 57.1 Å². The number of carbonyl (C=O) groups excluding carboxylic acids is 1. The first-order valence-electron chi connectivity index (χ1n) is 10.4. The first-order chi connectivity index (χ1) is 15.6. The molecular weight excluding hydrogens is 408 g/mol. The zero-order valence-electron chi connectivity index (χ0n) is 17.9. The standard InChI is InChI=1S/C25H23BFNO4/c1-17(18-12-14-21(27)15-13-18)28-16-20-10-6-7-11-22(20)26-31-23(19-8-4-3-5-9-19)24(32-26)25(29)30-2/h3-17,23-24H,1-2H3/t17?,23-,24+/m1/s1. The Morgan fingerprint density at radius 1 is 1.03 bits per heavy atom. The van der Waals surface area contributed by atoms with Gasteiger partial charge in [0.05, 0.1) is 13.2 Å². The maximum Gasteiger partial charge on any atom is 0.495 e. The number of methoxy groups -OCH3 is 1. The van der Waals surface area contributed by atoms with Crippen LogP contribution >= 0.6 is 0 Å². The third-order valence-electron chi connectivity index (χ3n) is 5.42. The quantitative estimate of drug-likeness (QED) is 0.336. The van der Waals surface area contributed by atoms with E-state index in [1.54, 1.807) is 18.3 Å². The Kier molecular flexibility index (Phi) is 6.78.